The average molecular weight is 317 g/mol. The highest BCUT2D eigenvalue weighted by Gasteiger charge is 2.27. The number of thiazole rings is 1. The lowest BCUT2D eigenvalue weighted by Gasteiger charge is -2.18. The standard InChI is InChI=1S/C16H19N3O2S/c17-7-12-5-6-19(8-12)16(20)14-3-1-2-4-15(14)21-9-13-10-22-11-18-13/h1-4,10-12H,5-9,17H2/t12-/m0/s1. The molecule has 22 heavy (non-hydrogen) atoms. The van der Waals surface area contributed by atoms with E-state index in [2.05, 4.69) is 4.98 Å². The largest absolute Gasteiger partial charge is 0.486 e. The van der Waals surface area contributed by atoms with Crippen LogP contribution in [0.1, 0.15) is 22.5 Å². The second kappa shape index (κ2) is 6.89. The Morgan fingerprint density at radius 3 is 3.05 bits per heavy atom. The van der Waals surface area contributed by atoms with Gasteiger partial charge in [-0.1, -0.05) is 12.1 Å². The van der Waals surface area contributed by atoms with E-state index in [-0.39, 0.29) is 5.91 Å². The van der Waals surface area contributed by atoms with E-state index >= 15 is 0 Å². The van der Waals surface area contributed by atoms with Crippen molar-refractivity contribution in [1.82, 2.24) is 9.88 Å². The molecule has 116 valence electrons. The van der Waals surface area contributed by atoms with Crippen LogP contribution in [0.25, 0.3) is 0 Å². The van der Waals surface area contributed by atoms with E-state index in [0.29, 0.717) is 30.4 Å². The zero-order valence-corrected chi connectivity index (χ0v) is 13.1. The van der Waals surface area contributed by atoms with Gasteiger partial charge in [-0.15, -0.1) is 11.3 Å². The number of carbonyl (C=O) groups excluding carboxylic acids is 1. The van der Waals surface area contributed by atoms with Gasteiger partial charge in [0.25, 0.3) is 5.91 Å². The molecule has 5 nitrogen and oxygen atoms in total. The molecule has 6 heteroatoms. The smallest absolute Gasteiger partial charge is 0.257 e. The summed E-state index contributed by atoms with van der Waals surface area (Å²) in [4.78, 5) is 18.7. The monoisotopic (exact) mass is 317 g/mol. The summed E-state index contributed by atoms with van der Waals surface area (Å²) in [6.45, 7) is 2.50. The summed E-state index contributed by atoms with van der Waals surface area (Å²) in [5.74, 6) is 1.04. The van der Waals surface area contributed by atoms with E-state index in [4.69, 9.17) is 10.5 Å². The lowest BCUT2D eigenvalue weighted by molar-refractivity contribution is 0.0782. The maximum Gasteiger partial charge on any atom is 0.257 e. The molecule has 3 rings (SSSR count). The fraction of sp³-hybridized carbons (Fsp3) is 0.375. The molecule has 1 atom stereocenters. The van der Waals surface area contributed by atoms with Gasteiger partial charge >= 0.3 is 0 Å². The van der Waals surface area contributed by atoms with Gasteiger partial charge in [-0.3, -0.25) is 4.79 Å². The third-order valence-corrected chi connectivity index (χ3v) is 4.52. The number of aromatic nitrogens is 1. The predicted molar refractivity (Wildman–Crippen MR) is 86.0 cm³/mol. The molecule has 1 saturated heterocycles. The maximum absolute atomic E-state index is 12.7. The molecule has 0 bridgehead atoms. The van der Waals surface area contributed by atoms with Crippen molar-refractivity contribution in [1.29, 1.82) is 0 Å². The summed E-state index contributed by atoms with van der Waals surface area (Å²) in [5.41, 5.74) is 8.95. The molecule has 0 unspecified atom stereocenters. The fourth-order valence-corrected chi connectivity index (χ4v) is 3.15. The Morgan fingerprint density at radius 1 is 1.45 bits per heavy atom. The summed E-state index contributed by atoms with van der Waals surface area (Å²) in [5, 5.41) is 1.94. The van der Waals surface area contributed by atoms with Crippen LogP contribution in [0.5, 0.6) is 5.75 Å². The number of carbonyl (C=O) groups is 1. The number of amides is 1. The van der Waals surface area contributed by atoms with Crippen LogP contribution in [0, 0.1) is 5.92 Å². The first-order valence-electron chi connectivity index (χ1n) is 7.36. The number of nitrogens with zero attached hydrogens (tertiary/aromatic N) is 2. The van der Waals surface area contributed by atoms with Crippen molar-refractivity contribution in [2.45, 2.75) is 13.0 Å². The molecule has 1 aromatic carbocycles. The van der Waals surface area contributed by atoms with Gasteiger partial charge in [-0.05, 0) is 31.0 Å². The number of hydrogen-bond acceptors (Lipinski definition) is 5. The summed E-state index contributed by atoms with van der Waals surface area (Å²) in [6, 6.07) is 7.38. The first-order chi connectivity index (χ1) is 10.8. The average Bonchev–Trinajstić information content (AvgIpc) is 3.24. The minimum Gasteiger partial charge on any atom is -0.486 e. The molecule has 0 radical (unpaired) electrons. The minimum absolute atomic E-state index is 0.0184. The first kappa shape index (κ1) is 15.0. The van der Waals surface area contributed by atoms with Crippen molar-refractivity contribution >= 4 is 17.2 Å². The van der Waals surface area contributed by atoms with E-state index in [1.54, 1.807) is 5.51 Å². The summed E-state index contributed by atoms with van der Waals surface area (Å²) in [6.07, 6.45) is 0.976. The Labute approximate surface area is 133 Å². The molecule has 1 aliphatic rings. The topological polar surface area (TPSA) is 68.5 Å². The van der Waals surface area contributed by atoms with E-state index < -0.39 is 0 Å². The van der Waals surface area contributed by atoms with Gasteiger partial charge in [0.15, 0.2) is 0 Å². The number of para-hydroxylation sites is 1. The lowest BCUT2D eigenvalue weighted by Crippen LogP contribution is -2.30. The fourth-order valence-electron chi connectivity index (χ4n) is 2.61. The third kappa shape index (κ3) is 3.28. The second-order valence-corrected chi connectivity index (χ2v) is 6.12. The van der Waals surface area contributed by atoms with Gasteiger partial charge in [0.05, 0.1) is 16.8 Å². The molecule has 1 aliphatic heterocycles. The highest BCUT2D eigenvalue weighted by Crippen LogP contribution is 2.24. The molecule has 0 aliphatic carbocycles. The van der Waals surface area contributed by atoms with Gasteiger partial charge in [-0.25, -0.2) is 4.98 Å². The SMILES string of the molecule is NC[C@@H]1CCN(C(=O)c2ccccc2OCc2cscn2)C1. The first-order valence-corrected chi connectivity index (χ1v) is 8.30. The Bertz CT molecular complexity index is 630. The number of hydrogen-bond donors (Lipinski definition) is 1. The van der Waals surface area contributed by atoms with E-state index in [1.807, 2.05) is 34.5 Å². The Morgan fingerprint density at radius 2 is 2.32 bits per heavy atom. The number of nitrogens with two attached hydrogens (primary N) is 1. The van der Waals surface area contributed by atoms with Gasteiger partial charge in [0.2, 0.25) is 0 Å². The van der Waals surface area contributed by atoms with Gasteiger partial charge in [0.1, 0.15) is 12.4 Å². The molecule has 2 heterocycles. The number of benzene rings is 1. The van der Waals surface area contributed by atoms with Crippen LogP contribution in [-0.4, -0.2) is 35.4 Å². The zero-order valence-electron chi connectivity index (χ0n) is 12.3. The summed E-state index contributed by atoms with van der Waals surface area (Å²) < 4.78 is 5.79. The van der Waals surface area contributed by atoms with Crippen molar-refractivity contribution in [3.8, 4) is 5.75 Å². The highest BCUT2D eigenvalue weighted by atomic mass is 32.1. The van der Waals surface area contributed by atoms with Gasteiger partial charge in [0, 0.05) is 18.5 Å². The molecular weight excluding hydrogens is 298 g/mol. The van der Waals surface area contributed by atoms with Crippen LogP contribution in [0.4, 0.5) is 0 Å². The van der Waals surface area contributed by atoms with Gasteiger partial charge in [-0.2, -0.15) is 0 Å². The summed E-state index contributed by atoms with van der Waals surface area (Å²) in [7, 11) is 0. The normalized spacial score (nSPS) is 17.7. The van der Waals surface area contributed by atoms with Crippen molar-refractivity contribution in [2.75, 3.05) is 19.6 Å². The highest BCUT2D eigenvalue weighted by molar-refractivity contribution is 7.07. The molecule has 2 aromatic rings. The van der Waals surface area contributed by atoms with Crippen LogP contribution in [-0.2, 0) is 6.61 Å². The zero-order chi connectivity index (χ0) is 15.4. The number of ether oxygens (including phenoxy) is 1. The van der Waals surface area contributed by atoms with Crippen molar-refractivity contribution < 1.29 is 9.53 Å². The van der Waals surface area contributed by atoms with Crippen molar-refractivity contribution in [3.63, 3.8) is 0 Å². The molecule has 1 aromatic heterocycles. The lowest BCUT2D eigenvalue weighted by atomic mass is 10.1. The molecule has 1 fully saturated rings. The van der Waals surface area contributed by atoms with Crippen LogP contribution in [0.2, 0.25) is 0 Å². The Balaban J connectivity index is 1.71. The maximum atomic E-state index is 12.7. The second-order valence-electron chi connectivity index (χ2n) is 5.41. The molecule has 0 saturated carbocycles. The van der Waals surface area contributed by atoms with Crippen LogP contribution < -0.4 is 10.5 Å². The van der Waals surface area contributed by atoms with Crippen LogP contribution in [0.15, 0.2) is 35.2 Å². The molecule has 1 amide bonds. The number of rotatable bonds is 5. The molecular formula is C16H19N3O2S. The Hall–Kier alpha value is -1.92. The minimum atomic E-state index is 0.0184. The van der Waals surface area contributed by atoms with E-state index in [0.717, 1.165) is 25.2 Å². The van der Waals surface area contributed by atoms with Crippen molar-refractivity contribution in [2.24, 2.45) is 11.7 Å². The Kier molecular flexibility index (Phi) is 4.70. The van der Waals surface area contributed by atoms with Crippen LogP contribution >= 0.6 is 11.3 Å². The molecule has 0 spiro atoms. The quantitative estimate of drug-likeness (QED) is 0.917. The van der Waals surface area contributed by atoms with E-state index in [1.165, 1.54) is 11.3 Å². The molecule has 2 N–H and O–H groups in total. The van der Waals surface area contributed by atoms with E-state index in [9.17, 15) is 4.79 Å². The van der Waals surface area contributed by atoms with Crippen molar-refractivity contribution in [3.05, 3.63) is 46.4 Å². The summed E-state index contributed by atoms with van der Waals surface area (Å²) >= 11 is 1.53. The number of likely N-dealkylation sites (tertiary alicyclic amines) is 1. The predicted octanol–water partition coefficient (Wildman–Crippen LogP) is 2.14. The van der Waals surface area contributed by atoms with Crippen LogP contribution in [0.3, 0.4) is 0 Å². The van der Waals surface area contributed by atoms with Gasteiger partial charge < -0.3 is 15.4 Å². The third-order valence-electron chi connectivity index (χ3n) is 3.88.